The number of aromatic nitrogens is 4. The summed E-state index contributed by atoms with van der Waals surface area (Å²) in [7, 11) is 2.20. The van der Waals surface area contributed by atoms with Crippen LogP contribution in [0.4, 0.5) is 5.95 Å². The second-order valence-corrected chi connectivity index (χ2v) is 8.91. The number of likely N-dealkylation sites (tertiary alicyclic amines) is 2. The van der Waals surface area contributed by atoms with Crippen molar-refractivity contribution in [2.24, 2.45) is 0 Å². The Morgan fingerprint density at radius 2 is 2.07 bits per heavy atom. The van der Waals surface area contributed by atoms with Crippen LogP contribution in [0, 0.1) is 0 Å². The van der Waals surface area contributed by atoms with E-state index in [1.807, 2.05) is 6.07 Å². The third kappa shape index (κ3) is 3.69. The molecule has 0 saturated carbocycles. The lowest BCUT2D eigenvalue weighted by Crippen LogP contribution is -2.45. The maximum absolute atomic E-state index is 12.7. The highest BCUT2D eigenvalue weighted by Gasteiger charge is 2.40. The average Bonchev–Trinajstić information content (AvgIpc) is 3.41. The molecule has 0 aliphatic carbocycles. The van der Waals surface area contributed by atoms with Crippen molar-refractivity contribution in [2.75, 3.05) is 32.0 Å². The van der Waals surface area contributed by atoms with E-state index in [9.17, 15) is 4.79 Å². The molecule has 2 aromatic heterocycles. The van der Waals surface area contributed by atoms with Gasteiger partial charge in [0.2, 0.25) is 5.95 Å². The van der Waals surface area contributed by atoms with Gasteiger partial charge < -0.3 is 10.2 Å². The molecule has 2 N–H and O–H groups in total. The molecule has 2 aliphatic heterocycles. The first-order valence-corrected chi connectivity index (χ1v) is 10.8. The SMILES string of the molecule is CN1CC2CC1CN2CCn1ncc2nc(NCc3ccc(Cl)c(Cl)c3)[nH]c(=O)c21. The van der Waals surface area contributed by atoms with Gasteiger partial charge in [0, 0.05) is 38.3 Å². The molecule has 2 bridgehead atoms. The van der Waals surface area contributed by atoms with Crippen molar-refractivity contribution in [1.29, 1.82) is 0 Å². The van der Waals surface area contributed by atoms with Crippen LogP contribution >= 0.6 is 23.2 Å². The summed E-state index contributed by atoms with van der Waals surface area (Å²) >= 11 is 12.0. The average molecular weight is 448 g/mol. The van der Waals surface area contributed by atoms with Gasteiger partial charge in [0.15, 0.2) is 5.52 Å². The standard InChI is InChI=1S/C20H23Cl2N7O/c1-27-10-14-7-13(27)11-28(14)4-5-29-18-17(9-24-29)25-20(26-19(18)30)23-8-12-2-3-15(21)16(22)6-12/h2-3,6,9,13-14H,4-5,7-8,10-11H2,1H3,(H2,23,25,26,30). The van der Waals surface area contributed by atoms with E-state index in [2.05, 4.69) is 37.2 Å². The maximum atomic E-state index is 12.7. The molecule has 2 unspecified atom stereocenters. The van der Waals surface area contributed by atoms with Crippen molar-refractivity contribution in [1.82, 2.24) is 29.5 Å². The summed E-state index contributed by atoms with van der Waals surface area (Å²) < 4.78 is 1.76. The molecule has 2 saturated heterocycles. The van der Waals surface area contributed by atoms with Gasteiger partial charge in [0.05, 0.1) is 22.8 Å². The Bertz CT molecular complexity index is 1140. The predicted molar refractivity (Wildman–Crippen MR) is 118 cm³/mol. The van der Waals surface area contributed by atoms with Crippen molar-refractivity contribution in [3.63, 3.8) is 0 Å². The first kappa shape index (κ1) is 19.8. The molecule has 4 heterocycles. The molecule has 5 rings (SSSR count). The number of nitrogens with zero attached hydrogens (tertiary/aromatic N) is 5. The topological polar surface area (TPSA) is 82.1 Å². The lowest BCUT2D eigenvalue weighted by atomic mass is 10.2. The fraction of sp³-hybridized carbons (Fsp3) is 0.450. The molecule has 1 aromatic carbocycles. The van der Waals surface area contributed by atoms with Crippen LogP contribution < -0.4 is 10.9 Å². The summed E-state index contributed by atoms with van der Waals surface area (Å²) in [6.07, 6.45) is 2.89. The third-order valence-corrected chi connectivity index (χ3v) is 6.91. The van der Waals surface area contributed by atoms with Crippen LogP contribution in [0.15, 0.2) is 29.2 Å². The van der Waals surface area contributed by atoms with Crippen LogP contribution in [-0.2, 0) is 13.1 Å². The number of rotatable bonds is 6. The quantitative estimate of drug-likeness (QED) is 0.603. The predicted octanol–water partition coefficient (Wildman–Crippen LogP) is 2.43. The minimum atomic E-state index is -0.197. The van der Waals surface area contributed by atoms with Gasteiger partial charge in [0.25, 0.3) is 5.56 Å². The highest BCUT2D eigenvalue weighted by Crippen LogP contribution is 2.29. The molecule has 158 valence electrons. The molecule has 30 heavy (non-hydrogen) atoms. The number of likely N-dealkylation sites (N-methyl/N-ethyl adjacent to an activating group) is 1. The van der Waals surface area contributed by atoms with Gasteiger partial charge in [-0.25, -0.2) is 4.98 Å². The van der Waals surface area contributed by atoms with Crippen LogP contribution in [0.25, 0.3) is 11.0 Å². The molecule has 8 nitrogen and oxygen atoms in total. The molecular formula is C20H23Cl2N7O. The van der Waals surface area contributed by atoms with E-state index in [-0.39, 0.29) is 5.56 Å². The number of piperazine rings is 1. The van der Waals surface area contributed by atoms with Gasteiger partial charge in [-0.05, 0) is 31.2 Å². The summed E-state index contributed by atoms with van der Waals surface area (Å²) in [5.74, 6) is 0.401. The molecule has 2 aliphatic rings. The number of fused-ring (bicyclic) bond motifs is 3. The lowest BCUT2D eigenvalue weighted by molar-refractivity contribution is 0.144. The molecule has 10 heteroatoms. The number of halogens is 2. The fourth-order valence-electron chi connectivity index (χ4n) is 4.54. The fourth-order valence-corrected chi connectivity index (χ4v) is 4.86. The number of anilines is 1. The van der Waals surface area contributed by atoms with E-state index in [1.165, 1.54) is 6.42 Å². The molecule has 0 spiro atoms. The molecule has 2 fully saturated rings. The Morgan fingerprint density at radius 1 is 1.20 bits per heavy atom. The zero-order valence-electron chi connectivity index (χ0n) is 16.6. The number of nitrogens with one attached hydrogen (secondary N) is 2. The lowest BCUT2D eigenvalue weighted by Gasteiger charge is -2.31. The van der Waals surface area contributed by atoms with Crippen LogP contribution in [0.1, 0.15) is 12.0 Å². The second-order valence-electron chi connectivity index (χ2n) is 8.10. The van der Waals surface area contributed by atoms with Crippen molar-refractivity contribution >= 4 is 40.2 Å². The van der Waals surface area contributed by atoms with Crippen LogP contribution in [-0.4, -0.2) is 68.3 Å². The Balaban J connectivity index is 1.27. The summed E-state index contributed by atoms with van der Waals surface area (Å²) in [5.41, 5.74) is 1.83. The number of aromatic amines is 1. The van der Waals surface area contributed by atoms with E-state index in [4.69, 9.17) is 23.2 Å². The van der Waals surface area contributed by atoms with Gasteiger partial charge in [-0.2, -0.15) is 5.10 Å². The zero-order chi connectivity index (χ0) is 20.8. The van der Waals surface area contributed by atoms with E-state index in [1.54, 1.807) is 23.0 Å². The molecule has 0 radical (unpaired) electrons. The number of hydrogen-bond donors (Lipinski definition) is 2. The minimum Gasteiger partial charge on any atom is -0.352 e. The number of H-pyrrole nitrogens is 1. The number of hydrogen-bond acceptors (Lipinski definition) is 6. The van der Waals surface area contributed by atoms with Crippen LogP contribution in [0.5, 0.6) is 0 Å². The van der Waals surface area contributed by atoms with E-state index < -0.39 is 0 Å². The summed E-state index contributed by atoms with van der Waals surface area (Å²) in [6.45, 7) is 4.25. The largest absolute Gasteiger partial charge is 0.352 e. The molecule has 2 atom stereocenters. The number of benzene rings is 1. The summed E-state index contributed by atoms with van der Waals surface area (Å²) in [5, 5.41) is 8.54. The Kier molecular flexibility index (Phi) is 5.18. The Labute approximate surface area is 183 Å². The molecule has 0 amide bonds. The molecule has 3 aromatic rings. The highest BCUT2D eigenvalue weighted by molar-refractivity contribution is 6.42. The van der Waals surface area contributed by atoms with Crippen molar-refractivity contribution in [2.45, 2.75) is 31.6 Å². The van der Waals surface area contributed by atoms with E-state index >= 15 is 0 Å². The first-order chi connectivity index (χ1) is 14.5. The first-order valence-electron chi connectivity index (χ1n) is 10.1. The van der Waals surface area contributed by atoms with Gasteiger partial charge in [0.1, 0.15) is 5.52 Å². The smallest absolute Gasteiger partial charge is 0.278 e. The van der Waals surface area contributed by atoms with Crippen molar-refractivity contribution in [3.05, 3.63) is 50.4 Å². The summed E-state index contributed by atoms with van der Waals surface area (Å²) in [6, 6.07) is 6.69. The second kappa shape index (κ2) is 7.85. The summed E-state index contributed by atoms with van der Waals surface area (Å²) in [4.78, 5) is 25.0. The van der Waals surface area contributed by atoms with Gasteiger partial charge in [-0.1, -0.05) is 29.3 Å². The maximum Gasteiger partial charge on any atom is 0.278 e. The van der Waals surface area contributed by atoms with Crippen LogP contribution in [0.2, 0.25) is 10.0 Å². The highest BCUT2D eigenvalue weighted by atomic mass is 35.5. The normalized spacial score (nSPS) is 21.7. The van der Waals surface area contributed by atoms with Gasteiger partial charge in [-0.3, -0.25) is 19.4 Å². The van der Waals surface area contributed by atoms with Gasteiger partial charge in [-0.15, -0.1) is 0 Å². The van der Waals surface area contributed by atoms with Crippen molar-refractivity contribution < 1.29 is 0 Å². The Morgan fingerprint density at radius 3 is 2.80 bits per heavy atom. The van der Waals surface area contributed by atoms with Crippen molar-refractivity contribution in [3.8, 4) is 0 Å². The van der Waals surface area contributed by atoms with E-state index in [0.29, 0.717) is 52.2 Å². The minimum absolute atomic E-state index is 0.197. The van der Waals surface area contributed by atoms with E-state index in [0.717, 1.165) is 25.2 Å². The Hall–Kier alpha value is -2.13. The molecular weight excluding hydrogens is 425 g/mol. The monoisotopic (exact) mass is 447 g/mol. The zero-order valence-corrected chi connectivity index (χ0v) is 18.1. The third-order valence-electron chi connectivity index (χ3n) is 6.17. The van der Waals surface area contributed by atoms with Gasteiger partial charge >= 0.3 is 0 Å². The van der Waals surface area contributed by atoms with Crippen LogP contribution in [0.3, 0.4) is 0 Å².